The average molecular weight is 324 g/mol. The quantitative estimate of drug-likeness (QED) is 0.835. The molecule has 1 aliphatic heterocycles. The molecule has 1 atom stereocenters. The Balaban J connectivity index is 1.72. The molecule has 1 aromatic carbocycles. The highest BCUT2D eigenvalue weighted by molar-refractivity contribution is 7.10. The summed E-state index contributed by atoms with van der Waals surface area (Å²) in [5.41, 5.74) is 2.22. The van der Waals surface area contributed by atoms with Crippen LogP contribution in [0.5, 0.6) is 5.75 Å². The third-order valence-electron chi connectivity index (χ3n) is 3.80. The summed E-state index contributed by atoms with van der Waals surface area (Å²) in [6, 6.07) is 8.85. The Bertz CT molecular complexity index is 587. The molecule has 0 amide bonds. The van der Waals surface area contributed by atoms with Gasteiger partial charge in [-0.3, -0.25) is 4.90 Å². The molecule has 1 aliphatic rings. The van der Waals surface area contributed by atoms with Crippen molar-refractivity contribution in [2.24, 2.45) is 0 Å². The maximum Gasteiger partial charge on any atom is 0.138 e. The molecule has 1 fully saturated rings. The molecule has 3 rings (SSSR count). The van der Waals surface area contributed by atoms with Crippen LogP contribution < -0.4 is 4.74 Å². The summed E-state index contributed by atoms with van der Waals surface area (Å²) >= 11 is 7.37. The summed E-state index contributed by atoms with van der Waals surface area (Å²) in [4.78, 5) is 2.43. The van der Waals surface area contributed by atoms with Crippen LogP contribution in [0.15, 0.2) is 24.3 Å². The number of rotatable bonds is 5. The molecule has 0 radical (unpaired) electrons. The lowest BCUT2D eigenvalue weighted by Gasteiger charge is -2.24. The van der Waals surface area contributed by atoms with Crippen LogP contribution in [-0.2, 0) is 6.54 Å². The minimum Gasteiger partial charge on any atom is -0.494 e. The molecule has 1 saturated heterocycles. The second-order valence-electron chi connectivity index (χ2n) is 5.12. The number of hydrogen-bond donors (Lipinski definition) is 0. The number of halogens is 1. The van der Waals surface area contributed by atoms with E-state index < -0.39 is 0 Å². The average Bonchev–Trinajstić information content (AvgIpc) is 3.11. The van der Waals surface area contributed by atoms with Crippen LogP contribution in [0, 0.1) is 0 Å². The van der Waals surface area contributed by atoms with E-state index in [1.807, 2.05) is 19.1 Å². The number of hydrogen-bond acceptors (Lipinski definition) is 5. The molecule has 6 heteroatoms. The summed E-state index contributed by atoms with van der Waals surface area (Å²) in [7, 11) is 0. The van der Waals surface area contributed by atoms with Gasteiger partial charge in [0.1, 0.15) is 15.8 Å². The van der Waals surface area contributed by atoms with Gasteiger partial charge in [0.05, 0.1) is 6.61 Å². The van der Waals surface area contributed by atoms with Crippen molar-refractivity contribution < 1.29 is 4.74 Å². The van der Waals surface area contributed by atoms with Gasteiger partial charge in [-0.15, -0.1) is 5.10 Å². The van der Waals surface area contributed by atoms with Crippen LogP contribution in [-0.4, -0.2) is 27.6 Å². The maximum atomic E-state index is 6.12. The predicted molar refractivity (Wildman–Crippen MR) is 84.9 cm³/mol. The predicted octanol–water partition coefficient (Wildman–Crippen LogP) is 3.93. The molecule has 0 unspecified atom stereocenters. The number of aromatic nitrogens is 2. The van der Waals surface area contributed by atoms with Gasteiger partial charge < -0.3 is 4.74 Å². The minimum atomic E-state index is 0.429. The van der Waals surface area contributed by atoms with Crippen molar-refractivity contribution in [2.75, 3.05) is 13.2 Å². The van der Waals surface area contributed by atoms with E-state index in [0.717, 1.165) is 24.5 Å². The van der Waals surface area contributed by atoms with E-state index in [1.165, 1.54) is 29.9 Å². The van der Waals surface area contributed by atoms with Crippen molar-refractivity contribution in [2.45, 2.75) is 32.4 Å². The molecule has 2 aromatic rings. The van der Waals surface area contributed by atoms with Gasteiger partial charge in [0, 0.05) is 24.1 Å². The monoisotopic (exact) mass is 323 g/mol. The SMILES string of the molecule is CCOc1ccc([C@H]2CCCN2Cc2nnsc2Cl)cc1. The Kier molecular flexibility index (Phi) is 4.73. The minimum absolute atomic E-state index is 0.429. The van der Waals surface area contributed by atoms with Crippen molar-refractivity contribution in [3.63, 3.8) is 0 Å². The van der Waals surface area contributed by atoms with E-state index in [1.54, 1.807) is 0 Å². The maximum absolute atomic E-state index is 6.12. The van der Waals surface area contributed by atoms with E-state index in [9.17, 15) is 0 Å². The second-order valence-corrected chi connectivity index (χ2v) is 6.48. The number of likely N-dealkylation sites (tertiary alicyclic amines) is 1. The molecule has 0 spiro atoms. The zero-order valence-electron chi connectivity index (χ0n) is 12.0. The van der Waals surface area contributed by atoms with Crippen LogP contribution in [0.4, 0.5) is 0 Å². The normalized spacial score (nSPS) is 19.0. The fourth-order valence-electron chi connectivity index (χ4n) is 2.83. The molecule has 4 nitrogen and oxygen atoms in total. The standard InChI is InChI=1S/C15H18ClN3OS/c1-2-20-12-7-5-11(6-8-12)14-4-3-9-19(14)10-13-15(16)21-18-17-13/h5-8,14H,2-4,9-10H2,1H3/t14-/m1/s1. The van der Waals surface area contributed by atoms with Crippen LogP contribution >= 0.6 is 23.1 Å². The lowest BCUT2D eigenvalue weighted by molar-refractivity contribution is 0.245. The Labute approximate surface area is 133 Å². The van der Waals surface area contributed by atoms with Gasteiger partial charge in [-0.25, -0.2) is 0 Å². The number of ether oxygens (including phenoxy) is 1. The highest BCUT2D eigenvalue weighted by Crippen LogP contribution is 2.34. The fourth-order valence-corrected chi connectivity index (χ4v) is 3.44. The van der Waals surface area contributed by atoms with E-state index in [2.05, 4.69) is 26.6 Å². The second kappa shape index (κ2) is 6.73. The number of benzene rings is 1. The van der Waals surface area contributed by atoms with E-state index >= 15 is 0 Å². The molecule has 0 saturated carbocycles. The fraction of sp³-hybridized carbons (Fsp3) is 0.467. The summed E-state index contributed by atoms with van der Waals surface area (Å²) in [5.74, 6) is 0.928. The van der Waals surface area contributed by atoms with Gasteiger partial charge in [-0.2, -0.15) is 0 Å². The summed E-state index contributed by atoms with van der Waals surface area (Å²) in [6.45, 7) is 4.54. The van der Waals surface area contributed by atoms with Gasteiger partial charge >= 0.3 is 0 Å². The van der Waals surface area contributed by atoms with Gasteiger partial charge in [-0.1, -0.05) is 28.2 Å². The lowest BCUT2D eigenvalue weighted by atomic mass is 10.0. The van der Waals surface area contributed by atoms with Crippen LogP contribution in [0.2, 0.25) is 4.34 Å². The molecular weight excluding hydrogens is 306 g/mol. The molecule has 1 aromatic heterocycles. The zero-order valence-corrected chi connectivity index (χ0v) is 13.5. The van der Waals surface area contributed by atoms with Gasteiger partial charge in [0.25, 0.3) is 0 Å². The van der Waals surface area contributed by atoms with Crippen molar-refractivity contribution in [3.8, 4) is 5.75 Å². The Morgan fingerprint density at radius 2 is 2.19 bits per heavy atom. The first-order valence-corrected chi connectivity index (χ1v) is 8.36. The van der Waals surface area contributed by atoms with Crippen molar-refractivity contribution in [1.29, 1.82) is 0 Å². The van der Waals surface area contributed by atoms with E-state index in [0.29, 0.717) is 17.0 Å². The number of nitrogens with zero attached hydrogens (tertiary/aromatic N) is 3. The molecule has 21 heavy (non-hydrogen) atoms. The summed E-state index contributed by atoms with van der Waals surface area (Å²) in [5, 5.41) is 4.12. The lowest BCUT2D eigenvalue weighted by Crippen LogP contribution is -2.23. The zero-order chi connectivity index (χ0) is 14.7. The summed E-state index contributed by atoms with van der Waals surface area (Å²) in [6.07, 6.45) is 2.37. The molecule has 0 N–H and O–H groups in total. The van der Waals surface area contributed by atoms with Crippen molar-refractivity contribution in [1.82, 2.24) is 14.5 Å². The van der Waals surface area contributed by atoms with Crippen LogP contribution in [0.25, 0.3) is 0 Å². The third-order valence-corrected chi connectivity index (χ3v) is 4.79. The Morgan fingerprint density at radius 3 is 2.86 bits per heavy atom. The first-order chi connectivity index (χ1) is 10.3. The summed E-state index contributed by atoms with van der Waals surface area (Å²) < 4.78 is 10.1. The first kappa shape index (κ1) is 14.8. The van der Waals surface area contributed by atoms with Crippen molar-refractivity contribution in [3.05, 3.63) is 39.9 Å². The third kappa shape index (κ3) is 3.36. The molecule has 112 valence electrons. The highest BCUT2D eigenvalue weighted by Gasteiger charge is 2.27. The molecule has 0 bridgehead atoms. The van der Waals surface area contributed by atoms with Crippen LogP contribution in [0.3, 0.4) is 0 Å². The topological polar surface area (TPSA) is 38.2 Å². The van der Waals surface area contributed by atoms with Crippen LogP contribution in [0.1, 0.15) is 37.1 Å². The van der Waals surface area contributed by atoms with E-state index in [-0.39, 0.29) is 0 Å². The van der Waals surface area contributed by atoms with E-state index in [4.69, 9.17) is 16.3 Å². The Morgan fingerprint density at radius 1 is 1.38 bits per heavy atom. The van der Waals surface area contributed by atoms with Gasteiger partial charge in [0.15, 0.2) is 0 Å². The Hall–Kier alpha value is -1.17. The highest BCUT2D eigenvalue weighted by atomic mass is 35.5. The van der Waals surface area contributed by atoms with Gasteiger partial charge in [-0.05, 0) is 44.0 Å². The van der Waals surface area contributed by atoms with Crippen molar-refractivity contribution >= 4 is 23.1 Å². The van der Waals surface area contributed by atoms with Gasteiger partial charge in [0.2, 0.25) is 0 Å². The first-order valence-electron chi connectivity index (χ1n) is 7.21. The molecule has 0 aliphatic carbocycles. The molecular formula is C15H18ClN3OS. The molecule has 2 heterocycles. The smallest absolute Gasteiger partial charge is 0.138 e. The largest absolute Gasteiger partial charge is 0.494 e.